The van der Waals surface area contributed by atoms with Crippen molar-refractivity contribution in [1.82, 2.24) is 0 Å². The van der Waals surface area contributed by atoms with E-state index in [4.69, 9.17) is 27.5 Å². The second-order valence-electron chi connectivity index (χ2n) is 5.54. The van der Waals surface area contributed by atoms with Crippen LogP contribution in [-0.2, 0) is 0 Å². The maximum absolute atomic E-state index is 7.51. The summed E-state index contributed by atoms with van der Waals surface area (Å²) < 4.78 is 5.67. The lowest BCUT2D eigenvalue weighted by molar-refractivity contribution is 0.269. The average Bonchev–Trinajstić information content (AvgIpc) is 2.22. The van der Waals surface area contributed by atoms with E-state index in [0.717, 1.165) is 12.8 Å². The summed E-state index contributed by atoms with van der Waals surface area (Å²) in [6, 6.07) is 5.30. The van der Waals surface area contributed by atoms with Gasteiger partial charge in [0.15, 0.2) is 0 Å². The average molecular weight is 269 g/mol. The van der Waals surface area contributed by atoms with Gasteiger partial charge < -0.3 is 10.5 Å². The standard InChI is InChI=1S/C14H21ClN2O/c1-14(2,3)8-5-9-18-11-7-4-6-10(15)12(11)13(16)17/h4,6-7H,5,8-9H2,1-3H3,(H3,16,17). The fraction of sp³-hybridized carbons (Fsp3) is 0.500. The summed E-state index contributed by atoms with van der Waals surface area (Å²) in [4.78, 5) is 0. The van der Waals surface area contributed by atoms with Crippen LogP contribution >= 0.6 is 11.6 Å². The van der Waals surface area contributed by atoms with Crippen molar-refractivity contribution in [3.63, 3.8) is 0 Å². The first-order valence-electron chi connectivity index (χ1n) is 6.07. The molecule has 18 heavy (non-hydrogen) atoms. The van der Waals surface area contributed by atoms with E-state index in [9.17, 15) is 0 Å². The fourth-order valence-electron chi connectivity index (χ4n) is 1.67. The lowest BCUT2D eigenvalue weighted by atomic mass is 9.91. The number of halogens is 1. The van der Waals surface area contributed by atoms with Gasteiger partial charge in [-0.3, -0.25) is 5.41 Å². The van der Waals surface area contributed by atoms with Crippen LogP contribution in [-0.4, -0.2) is 12.4 Å². The molecule has 0 saturated carbocycles. The van der Waals surface area contributed by atoms with Gasteiger partial charge in [0.05, 0.1) is 17.2 Å². The van der Waals surface area contributed by atoms with Gasteiger partial charge in [-0.05, 0) is 30.4 Å². The molecule has 1 rings (SSSR count). The number of nitrogens with one attached hydrogen (secondary N) is 1. The Kier molecular flexibility index (Phi) is 5.03. The number of nitrogen functional groups attached to an aromatic ring is 1. The minimum atomic E-state index is -0.0635. The van der Waals surface area contributed by atoms with Crippen molar-refractivity contribution in [3.8, 4) is 5.75 Å². The van der Waals surface area contributed by atoms with Crippen molar-refractivity contribution in [2.75, 3.05) is 6.61 Å². The predicted octanol–water partition coefficient (Wildman–Crippen LogP) is 3.83. The number of hydrogen-bond donors (Lipinski definition) is 2. The molecule has 0 saturated heterocycles. The molecule has 0 spiro atoms. The summed E-state index contributed by atoms with van der Waals surface area (Å²) in [5, 5.41) is 7.96. The maximum atomic E-state index is 7.51. The van der Waals surface area contributed by atoms with E-state index in [2.05, 4.69) is 20.8 Å². The fourth-order valence-corrected chi connectivity index (χ4v) is 1.94. The third-order valence-corrected chi connectivity index (χ3v) is 2.89. The van der Waals surface area contributed by atoms with Gasteiger partial charge in [-0.2, -0.15) is 0 Å². The summed E-state index contributed by atoms with van der Waals surface area (Å²) in [7, 11) is 0. The number of nitrogens with two attached hydrogens (primary N) is 1. The molecule has 0 aliphatic heterocycles. The SMILES string of the molecule is CC(C)(C)CCCOc1cccc(Cl)c1C(=N)N. The Bertz CT molecular complexity index is 424. The molecule has 0 heterocycles. The molecule has 4 heteroatoms. The lowest BCUT2D eigenvalue weighted by Crippen LogP contribution is -2.14. The summed E-state index contributed by atoms with van der Waals surface area (Å²) >= 11 is 6.01. The lowest BCUT2D eigenvalue weighted by Gasteiger charge is -2.18. The van der Waals surface area contributed by atoms with Gasteiger partial charge in [-0.15, -0.1) is 0 Å². The zero-order valence-corrected chi connectivity index (χ0v) is 12.0. The van der Waals surface area contributed by atoms with Gasteiger partial charge in [0.25, 0.3) is 0 Å². The summed E-state index contributed by atoms with van der Waals surface area (Å²) in [5.41, 5.74) is 6.30. The van der Waals surface area contributed by atoms with Crippen LogP contribution in [0.3, 0.4) is 0 Å². The zero-order chi connectivity index (χ0) is 13.8. The van der Waals surface area contributed by atoms with Crippen LogP contribution in [0, 0.1) is 10.8 Å². The molecule has 1 aromatic carbocycles. The Morgan fingerprint density at radius 1 is 1.39 bits per heavy atom. The summed E-state index contributed by atoms with van der Waals surface area (Å²) in [6.07, 6.45) is 2.05. The van der Waals surface area contributed by atoms with Crippen molar-refractivity contribution >= 4 is 17.4 Å². The number of amidine groups is 1. The molecule has 0 fully saturated rings. The van der Waals surface area contributed by atoms with E-state index in [-0.39, 0.29) is 5.84 Å². The van der Waals surface area contributed by atoms with Crippen LogP contribution in [0.5, 0.6) is 5.75 Å². The van der Waals surface area contributed by atoms with Gasteiger partial charge in [0, 0.05) is 0 Å². The first kappa shape index (κ1) is 14.8. The Morgan fingerprint density at radius 3 is 2.61 bits per heavy atom. The van der Waals surface area contributed by atoms with Crippen molar-refractivity contribution in [2.45, 2.75) is 33.6 Å². The van der Waals surface area contributed by atoms with Gasteiger partial charge in [-0.1, -0.05) is 38.4 Å². The number of rotatable bonds is 5. The molecular formula is C14H21ClN2O. The highest BCUT2D eigenvalue weighted by Gasteiger charge is 2.12. The molecule has 0 radical (unpaired) electrons. The monoisotopic (exact) mass is 268 g/mol. The van der Waals surface area contributed by atoms with Crippen molar-refractivity contribution in [2.24, 2.45) is 11.1 Å². The number of ether oxygens (including phenoxy) is 1. The van der Waals surface area contributed by atoms with E-state index in [1.807, 2.05) is 0 Å². The van der Waals surface area contributed by atoms with E-state index >= 15 is 0 Å². The van der Waals surface area contributed by atoms with Crippen molar-refractivity contribution < 1.29 is 4.74 Å². The molecule has 0 amide bonds. The predicted molar refractivity (Wildman–Crippen MR) is 76.7 cm³/mol. The van der Waals surface area contributed by atoms with Crippen LogP contribution in [0.1, 0.15) is 39.2 Å². The molecule has 100 valence electrons. The first-order chi connectivity index (χ1) is 8.31. The Hall–Kier alpha value is -1.22. The molecule has 0 bridgehead atoms. The van der Waals surface area contributed by atoms with Crippen LogP contribution in [0.2, 0.25) is 5.02 Å². The molecule has 0 aliphatic carbocycles. The highest BCUT2D eigenvalue weighted by atomic mass is 35.5. The zero-order valence-electron chi connectivity index (χ0n) is 11.2. The van der Waals surface area contributed by atoms with Crippen LogP contribution < -0.4 is 10.5 Å². The van der Waals surface area contributed by atoms with Gasteiger partial charge >= 0.3 is 0 Å². The van der Waals surface area contributed by atoms with Crippen LogP contribution in [0.25, 0.3) is 0 Å². The minimum Gasteiger partial charge on any atom is -0.493 e. The molecule has 3 nitrogen and oxygen atoms in total. The number of benzene rings is 1. The van der Waals surface area contributed by atoms with Crippen LogP contribution in [0.4, 0.5) is 0 Å². The first-order valence-corrected chi connectivity index (χ1v) is 6.45. The molecule has 0 aliphatic rings. The van der Waals surface area contributed by atoms with E-state index < -0.39 is 0 Å². The van der Waals surface area contributed by atoms with E-state index in [1.165, 1.54) is 0 Å². The summed E-state index contributed by atoms with van der Waals surface area (Å²) in [5.74, 6) is 0.523. The second kappa shape index (κ2) is 6.10. The molecule has 0 unspecified atom stereocenters. The molecule has 0 aromatic heterocycles. The number of hydrogen-bond acceptors (Lipinski definition) is 2. The molecule has 0 atom stereocenters. The normalized spacial score (nSPS) is 11.3. The second-order valence-corrected chi connectivity index (χ2v) is 5.95. The van der Waals surface area contributed by atoms with Crippen molar-refractivity contribution in [1.29, 1.82) is 5.41 Å². The highest BCUT2D eigenvalue weighted by Crippen LogP contribution is 2.26. The smallest absolute Gasteiger partial charge is 0.131 e. The Balaban J connectivity index is 2.63. The Morgan fingerprint density at radius 2 is 2.06 bits per heavy atom. The van der Waals surface area contributed by atoms with Gasteiger partial charge in [-0.25, -0.2) is 0 Å². The van der Waals surface area contributed by atoms with E-state index in [0.29, 0.717) is 28.4 Å². The van der Waals surface area contributed by atoms with Gasteiger partial charge in [0.2, 0.25) is 0 Å². The third kappa shape index (κ3) is 4.57. The van der Waals surface area contributed by atoms with Gasteiger partial charge in [0.1, 0.15) is 11.6 Å². The van der Waals surface area contributed by atoms with E-state index in [1.54, 1.807) is 18.2 Å². The maximum Gasteiger partial charge on any atom is 0.131 e. The minimum absolute atomic E-state index is 0.0635. The van der Waals surface area contributed by atoms with Crippen LogP contribution in [0.15, 0.2) is 18.2 Å². The summed E-state index contributed by atoms with van der Waals surface area (Å²) in [6.45, 7) is 7.21. The molecule has 3 N–H and O–H groups in total. The largest absolute Gasteiger partial charge is 0.493 e. The quantitative estimate of drug-likeness (QED) is 0.484. The van der Waals surface area contributed by atoms with Crippen molar-refractivity contribution in [3.05, 3.63) is 28.8 Å². The Labute approximate surface area is 114 Å². The molecule has 1 aromatic rings. The topological polar surface area (TPSA) is 59.1 Å². The molecular weight excluding hydrogens is 248 g/mol. The third-order valence-electron chi connectivity index (χ3n) is 2.57. The highest BCUT2D eigenvalue weighted by molar-refractivity contribution is 6.34.